The summed E-state index contributed by atoms with van der Waals surface area (Å²) in [6.07, 6.45) is 12.5. The minimum Gasteiger partial charge on any atom is -0.391 e. The van der Waals surface area contributed by atoms with E-state index in [-0.39, 0.29) is 6.10 Å². The van der Waals surface area contributed by atoms with Crippen LogP contribution in [0.15, 0.2) is 12.4 Å². The lowest BCUT2D eigenvalue weighted by atomic mass is 10.1. The summed E-state index contributed by atoms with van der Waals surface area (Å²) in [6.45, 7) is 3.84. The lowest BCUT2D eigenvalue weighted by Crippen LogP contribution is -2.29. The highest BCUT2D eigenvalue weighted by atomic mass is 16.3. The fraction of sp³-hybridized carbons (Fsp3) is 0.846. The molecular formula is C13H26N2O. The summed E-state index contributed by atoms with van der Waals surface area (Å²) in [5.74, 6) is 0. The Bertz CT molecular complexity index is 194. The zero-order chi connectivity index (χ0) is 11.6. The van der Waals surface area contributed by atoms with Crippen molar-refractivity contribution in [3.05, 3.63) is 12.4 Å². The van der Waals surface area contributed by atoms with Gasteiger partial charge in [-0.3, -0.25) is 0 Å². The standard InChI is InChI=1S/C13H26N2O/c1-2-3-4-5-6-7-8-13(16)11-15-10-9-14-12-15/h9-10,13-14,16H,2-8,11-12H2,1H3. The van der Waals surface area contributed by atoms with Crippen LogP contribution < -0.4 is 5.32 Å². The van der Waals surface area contributed by atoms with Crippen LogP contribution in [-0.2, 0) is 0 Å². The van der Waals surface area contributed by atoms with Crippen molar-refractivity contribution >= 4 is 0 Å². The summed E-state index contributed by atoms with van der Waals surface area (Å²) in [5, 5.41) is 12.9. The molecule has 0 aromatic rings. The van der Waals surface area contributed by atoms with Crippen LogP contribution in [0.1, 0.15) is 51.9 Å². The van der Waals surface area contributed by atoms with Gasteiger partial charge in [0.2, 0.25) is 0 Å². The number of nitrogens with one attached hydrogen (secondary N) is 1. The molecule has 0 amide bonds. The summed E-state index contributed by atoms with van der Waals surface area (Å²) in [4.78, 5) is 2.11. The fourth-order valence-corrected chi connectivity index (χ4v) is 2.03. The van der Waals surface area contributed by atoms with Crippen molar-refractivity contribution in [1.82, 2.24) is 10.2 Å². The molecule has 3 nitrogen and oxygen atoms in total. The average Bonchev–Trinajstić information content (AvgIpc) is 2.76. The second kappa shape index (κ2) is 8.45. The largest absolute Gasteiger partial charge is 0.391 e. The van der Waals surface area contributed by atoms with Crippen molar-refractivity contribution in [3.63, 3.8) is 0 Å². The summed E-state index contributed by atoms with van der Waals surface area (Å²) < 4.78 is 0. The first-order chi connectivity index (χ1) is 7.83. The highest BCUT2D eigenvalue weighted by molar-refractivity contribution is 4.88. The lowest BCUT2D eigenvalue weighted by Gasteiger charge is -2.19. The maximum atomic E-state index is 9.81. The van der Waals surface area contributed by atoms with Gasteiger partial charge in [-0.25, -0.2) is 0 Å². The Labute approximate surface area is 99.5 Å². The maximum Gasteiger partial charge on any atom is 0.0868 e. The first-order valence-electron chi connectivity index (χ1n) is 6.65. The summed E-state index contributed by atoms with van der Waals surface area (Å²) in [5.41, 5.74) is 0. The van der Waals surface area contributed by atoms with Crippen molar-refractivity contribution < 1.29 is 5.11 Å². The smallest absolute Gasteiger partial charge is 0.0868 e. The van der Waals surface area contributed by atoms with Crippen molar-refractivity contribution in [3.8, 4) is 0 Å². The van der Waals surface area contributed by atoms with Crippen LogP contribution in [0.3, 0.4) is 0 Å². The number of aliphatic hydroxyl groups excluding tert-OH is 1. The molecule has 16 heavy (non-hydrogen) atoms. The van der Waals surface area contributed by atoms with E-state index < -0.39 is 0 Å². The van der Waals surface area contributed by atoms with Gasteiger partial charge in [-0.15, -0.1) is 0 Å². The molecule has 94 valence electrons. The van der Waals surface area contributed by atoms with Crippen molar-refractivity contribution in [1.29, 1.82) is 0 Å². The molecule has 0 spiro atoms. The molecule has 2 N–H and O–H groups in total. The topological polar surface area (TPSA) is 35.5 Å². The molecule has 0 radical (unpaired) electrons. The number of β-amino-alcohol motifs (C(OH)–C–C–N with tert-alkyl or cyclic N) is 1. The molecule has 0 saturated heterocycles. The van der Waals surface area contributed by atoms with Gasteiger partial charge in [0, 0.05) is 18.9 Å². The van der Waals surface area contributed by atoms with E-state index in [4.69, 9.17) is 0 Å². The van der Waals surface area contributed by atoms with E-state index in [1.807, 2.05) is 12.4 Å². The Hall–Kier alpha value is -0.700. The second-order valence-electron chi connectivity index (χ2n) is 4.66. The van der Waals surface area contributed by atoms with Gasteiger partial charge in [0.05, 0.1) is 12.8 Å². The third-order valence-electron chi connectivity index (χ3n) is 3.03. The molecule has 1 aliphatic rings. The van der Waals surface area contributed by atoms with Gasteiger partial charge in [-0.1, -0.05) is 45.4 Å². The molecule has 0 saturated carbocycles. The normalized spacial score (nSPS) is 16.5. The van der Waals surface area contributed by atoms with E-state index in [0.717, 1.165) is 26.1 Å². The molecule has 0 aromatic carbocycles. The number of nitrogens with zero attached hydrogens (tertiary/aromatic N) is 1. The Kier molecular flexibility index (Phi) is 7.06. The van der Waals surface area contributed by atoms with Crippen LogP contribution in [0.2, 0.25) is 0 Å². The molecule has 3 heteroatoms. The predicted octanol–water partition coefficient (Wildman–Crippen LogP) is 2.43. The predicted molar refractivity (Wildman–Crippen MR) is 67.8 cm³/mol. The van der Waals surface area contributed by atoms with Crippen LogP contribution in [0.25, 0.3) is 0 Å². The van der Waals surface area contributed by atoms with E-state index in [2.05, 4.69) is 17.1 Å². The first kappa shape index (κ1) is 13.4. The minimum absolute atomic E-state index is 0.171. The van der Waals surface area contributed by atoms with E-state index in [1.165, 1.54) is 32.1 Å². The van der Waals surface area contributed by atoms with E-state index in [0.29, 0.717) is 0 Å². The van der Waals surface area contributed by atoms with Gasteiger partial charge >= 0.3 is 0 Å². The zero-order valence-corrected chi connectivity index (χ0v) is 10.5. The molecule has 0 bridgehead atoms. The number of hydrogen-bond acceptors (Lipinski definition) is 3. The van der Waals surface area contributed by atoms with Gasteiger partial charge in [-0.05, 0) is 6.42 Å². The molecule has 1 atom stereocenters. The monoisotopic (exact) mass is 226 g/mol. The number of rotatable bonds is 9. The van der Waals surface area contributed by atoms with E-state index in [9.17, 15) is 5.11 Å². The number of aliphatic hydroxyl groups is 1. The molecule has 0 aliphatic carbocycles. The lowest BCUT2D eigenvalue weighted by molar-refractivity contribution is 0.125. The Balaban J connectivity index is 1.89. The third kappa shape index (κ3) is 6.01. The molecular weight excluding hydrogens is 200 g/mol. The van der Waals surface area contributed by atoms with Crippen LogP contribution >= 0.6 is 0 Å². The van der Waals surface area contributed by atoms with Crippen LogP contribution in [0.5, 0.6) is 0 Å². The van der Waals surface area contributed by atoms with Crippen LogP contribution in [0.4, 0.5) is 0 Å². The van der Waals surface area contributed by atoms with Gasteiger partial charge in [0.1, 0.15) is 0 Å². The number of unbranched alkanes of at least 4 members (excludes halogenated alkanes) is 5. The van der Waals surface area contributed by atoms with Gasteiger partial charge in [0.25, 0.3) is 0 Å². The van der Waals surface area contributed by atoms with Crippen LogP contribution in [-0.4, -0.2) is 29.3 Å². The molecule has 1 rings (SSSR count). The van der Waals surface area contributed by atoms with Crippen molar-refractivity contribution in [2.45, 2.75) is 58.0 Å². The second-order valence-corrected chi connectivity index (χ2v) is 4.66. The highest BCUT2D eigenvalue weighted by Gasteiger charge is 2.09. The molecule has 1 unspecified atom stereocenters. The Morgan fingerprint density at radius 2 is 2.00 bits per heavy atom. The summed E-state index contributed by atoms with van der Waals surface area (Å²) in [7, 11) is 0. The third-order valence-corrected chi connectivity index (χ3v) is 3.03. The minimum atomic E-state index is -0.171. The van der Waals surface area contributed by atoms with Crippen LogP contribution in [0, 0.1) is 0 Å². The van der Waals surface area contributed by atoms with Gasteiger partial charge < -0.3 is 15.3 Å². The molecule has 1 aliphatic heterocycles. The van der Waals surface area contributed by atoms with E-state index >= 15 is 0 Å². The average molecular weight is 226 g/mol. The van der Waals surface area contributed by atoms with Crippen molar-refractivity contribution in [2.24, 2.45) is 0 Å². The number of hydrogen-bond donors (Lipinski definition) is 2. The molecule has 0 fully saturated rings. The van der Waals surface area contributed by atoms with Gasteiger partial charge in [-0.2, -0.15) is 0 Å². The SMILES string of the molecule is CCCCCCCCC(O)CN1C=CNC1. The zero-order valence-electron chi connectivity index (χ0n) is 10.5. The van der Waals surface area contributed by atoms with E-state index in [1.54, 1.807) is 0 Å². The van der Waals surface area contributed by atoms with Crippen molar-refractivity contribution in [2.75, 3.05) is 13.2 Å². The molecule has 0 aromatic heterocycles. The highest BCUT2D eigenvalue weighted by Crippen LogP contribution is 2.09. The summed E-state index contributed by atoms with van der Waals surface area (Å²) >= 11 is 0. The summed E-state index contributed by atoms with van der Waals surface area (Å²) in [6, 6.07) is 0. The molecule has 1 heterocycles. The Morgan fingerprint density at radius 3 is 2.69 bits per heavy atom. The Morgan fingerprint density at radius 1 is 1.25 bits per heavy atom. The van der Waals surface area contributed by atoms with Gasteiger partial charge in [0.15, 0.2) is 0 Å². The maximum absolute atomic E-state index is 9.81. The fourth-order valence-electron chi connectivity index (χ4n) is 2.03. The quantitative estimate of drug-likeness (QED) is 0.593. The first-order valence-corrected chi connectivity index (χ1v) is 6.65.